The fourth-order valence-corrected chi connectivity index (χ4v) is 3.01. The number of carbonyl (C=O) groups is 1. The summed E-state index contributed by atoms with van der Waals surface area (Å²) >= 11 is 1.57. The molecule has 25 heavy (non-hydrogen) atoms. The van der Waals surface area contributed by atoms with E-state index in [0.717, 1.165) is 15.9 Å². The lowest BCUT2D eigenvalue weighted by Gasteiger charge is -2.10. The average Bonchev–Trinajstić information content (AvgIpc) is 3.11. The second-order valence-corrected chi connectivity index (χ2v) is 6.06. The van der Waals surface area contributed by atoms with Gasteiger partial charge in [-0.15, -0.1) is 11.3 Å². The summed E-state index contributed by atoms with van der Waals surface area (Å²) in [7, 11) is 3.01. The topological polar surface area (TPSA) is 85.4 Å². The van der Waals surface area contributed by atoms with Crippen LogP contribution in [0.15, 0.2) is 35.7 Å². The van der Waals surface area contributed by atoms with Gasteiger partial charge in [-0.05, 0) is 35.7 Å². The Kier molecular flexibility index (Phi) is 5.42. The van der Waals surface area contributed by atoms with Crippen molar-refractivity contribution in [3.63, 3.8) is 0 Å². The molecule has 0 atom stereocenters. The molecule has 0 fully saturated rings. The summed E-state index contributed by atoms with van der Waals surface area (Å²) in [6, 6.07) is 8.99. The molecule has 3 rings (SSSR count). The molecule has 7 nitrogen and oxygen atoms in total. The summed E-state index contributed by atoms with van der Waals surface area (Å²) in [5.74, 6) is 0.890. The van der Waals surface area contributed by atoms with E-state index < -0.39 is 0 Å². The van der Waals surface area contributed by atoms with Gasteiger partial charge in [-0.3, -0.25) is 0 Å². The van der Waals surface area contributed by atoms with Crippen LogP contribution in [-0.2, 0) is 9.47 Å². The van der Waals surface area contributed by atoms with Crippen molar-refractivity contribution in [3.8, 4) is 0 Å². The van der Waals surface area contributed by atoms with Crippen LogP contribution < -0.4 is 10.6 Å². The highest BCUT2D eigenvalue weighted by Crippen LogP contribution is 2.29. The Morgan fingerprint density at radius 1 is 1.16 bits per heavy atom. The second-order valence-electron chi connectivity index (χ2n) is 5.14. The molecular weight excluding hydrogens is 340 g/mol. The van der Waals surface area contributed by atoms with Crippen molar-refractivity contribution in [2.45, 2.75) is 0 Å². The summed E-state index contributed by atoms with van der Waals surface area (Å²) in [5, 5.41) is 8.40. The number of ether oxygens (including phenoxy) is 2. The Morgan fingerprint density at radius 2 is 1.96 bits per heavy atom. The standard InChI is InChI=1S/C17H18N4O3S/c1-23-9-8-18-17-20-13-7-10-25-14(13)15(21-17)19-12-5-3-11(4-6-12)16(22)24-2/h3-7,10H,8-9H2,1-2H3,(H2,18,19,20,21). The largest absolute Gasteiger partial charge is 0.465 e. The fourth-order valence-electron chi connectivity index (χ4n) is 2.24. The van der Waals surface area contributed by atoms with Crippen molar-refractivity contribution < 1.29 is 14.3 Å². The molecule has 0 aliphatic carbocycles. The molecule has 2 N–H and O–H groups in total. The zero-order valence-corrected chi connectivity index (χ0v) is 14.7. The summed E-state index contributed by atoms with van der Waals surface area (Å²) in [6.07, 6.45) is 0. The lowest BCUT2D eigenvalue weighted by Crippen LogP contribution is -2.11. The predicted molar refractivity (Wildman–Crippen MR) is 98.8 cm³/mol. The molecule has 0 aliphatic rings. The normalized spacial score (nSPS) is 10.6. The average molecular weight is 358 g/mol. The molecule has 0 aliphatic heterocycles. The van der Waals surface area contributed by atoms with Crippen LogP contribution in [0.25, 0.3) is 10.2 Å². The SMILES string of the molecule is COCCNc1nc(Nc2ccc(C(=O)OC)cc2)c2sccc2n1. The Labute approximate surface area is 149 Å². The number of nitrogens with one attached hydrogen (secondary N) is 2. The molecule has 0 spiro atoms. The van der Waals surface area contributed by atoms with E-state index in [1.807, 2.05) is 23.6 Å². The van der Waals surface area contributed by atoms with E-state index in [1.165, 1.54) is 7.11 Å². The Bertz CT molecular complexity index is 864. The number of aromatic nitrogens is 2. The van der Waals surface area contributed by atoms with Gasteiger partial charge in [0.15, 0.2) is 5.82 Å². The minimum atomic E-state index is -0.362. The molecule has 130 valence electrons. The van der Waals surface area contributed by atoms with Crippen molar-refractivity contribution >= 4 is 45.0 Å². The number of carbonyl (C=O) groups excluding carboxylic acids is 1. The molecule has 2 aromatic heterocycles. The van der Waals surface area contributed by atoms with Gasteiger partial charge in [0.25, 0.3) is 0 Å². The molecular formula is C17H18N4O3S. The van der Waals surface area contributed by atoms with Crippen LogP contribution in [0.3, 0.4) is 0 Å². The van der Waals surface area contributed by atoms with Crippen LogP contribution >= 0.6 is 11.3 Å². The summed E-state index contributed by atoms with van der Waals surface area (Å²) in [4.78, 5) is 20.5. The number of esters is 1. The third kappa shape index (κ3) is 4.04. The lowest BCUT2D eigenvalue weighted by atomic mass is 10.2. The first-order chi connectivity index (χ1) is 12.2. The van der Waals surface area contributed by atoms with E-state index in [9.17, 15) is 4.79 Å². The predicted octanol–water partition coefficient (Wildman–Crippen LogP) is 3.28. The van der Waals surface area contributed by atoms with Gasteiger partial charge in [-0.2, -0.15) is 4.98 Å². The van der Waals surface area contributed by atoms with E-state index in [2.05, 4.69) is 20.6 Å². The molecule has 2 heterocycles. The van der Waals surface area contributed by atoms with Crippen LogP contribution in [0.5, 0.6) is 0 Å². The van der Waals surface area contributed by atoms with Gasteiger partial charge >= 0.3 is 5.97 Å². The van der Waals surface area contributed by atoms with Crippen molar-refractivity contribution in [2.24, 2.45) is 0 Å². The van der Waals surface area contributed by atoms with Crippen LogP contribution in [0.2, 0.25) is 0 Å². The maximum Gasteiger partial charge on any atom is 0.337 e. The zero-order valence-electron chi connectivity index (χ0n) is 13.9. The first kappa shape index (κ1) is 17.1. The fraction of sp³-hybridized carbons (Fsp3) is 0.235. The van der Waals surface area contributed by atoms with Crippen LogP contribution in [-0.4, -0.2) is 43.3 Å². The van der Waals surface area contributed by atoms with Crippen LogP contribution in [0.4, 0.5) is 17.5 Å². The number of rotatable bonds is 7. The van der Waals surface area contributed by atoms with Gasteiger partial charge in [0, 0.05) is 19.3 Å². The van der Waals surface area contributed by atoms with Gasteiger partial charge in [0.2, 0.25) is 5.95 Å². The summed E-state index contributed by atoms with van der Waals surface area (Å²) in [5.41, 5.74) is 2.19. The molecule has 0 saturated carbocycles. The van der Waals surface area contributed by atoms with E-state index >= 15 is 0 Å². The zero-order chi connectivity index (χ0) is 17.6. The Balaban J connectivity index is 1.84. The number of anilines is 3. The molecule has 1 aromatic carbocycles. The van der Waals surface area contributed by atoms with Crippen molar-refractivity contribution in [3.05, 3.63) is 41.3 Å². The third-order valence-electron chi connectivity index (χ3n) is 3.46. The third-order valence-corrected chi connectivity index (χ3v) is 4.37. The number of hydrogen-bond acceptors (Lipinski definition) is 8. The van der Waals surface area contributed by atoms with Gasteiger partial charge in [-0.25, -0.2) is 9.78 Å². The molecule has 0 unspecified atom stereocenters. The quantitative estimate of drug-likeness (QED) is 0.495. The molecule has 0 saturated heterocycles. The summed E-state index contributed by atoms with van der Waals surface area (Å²) in [6.45, 7) is 1.20. The molecule has 8 heteroatoms. The van der Waals surface area contributed by atoms with Crippen LogP contribution in [0, 0.1) is 0 Å². The minimum absolute atomic E-state index is 0.362. The summed E-state index contributed by atoms with van der Waals surface area (Å²) < 4.78 is 10.7. The van der Waals surface area contributed by atoms with Crippen LogP contribution in [0.1, 0.15) is 10.4 Å². The maximum atomic E-state index is 11.5. The Hall–Kier alpha value is -2.71. The molecule has 0 amide bonds. The highest BCUT2D eigenvalue weighted by molar-refractivity contribution is 7.17. The number of thiophene rings is 1. The second kappa shape index (κ2) is 7.91. The van der Waals surface area contributed by atoms with E-state index in [1.54, 1.807) is 30.6 Å². The number of fused-ring (bicyclic) bond motifs is 1. The van der Waals surface area contributed by atoms with E-state index in [4.69, 9.17) is 9.47 Å². The lowest BCUT2D eigenvalue weighted by molar-refractivity contribution is 0.0601. The van der Waals surface area contributed by atoms with Gasteiger partial charge in [-0.1, -0.05) is 0 Å². The smallest absolute Gasteiger partial charge is 0.337 e. The van der Waals surface area contributed by atoms with Crippen molar-refractivity contribution in [1.82, 2.24) is 9.97 Å². The first-order valence-electron chi connectivity index (χ1n) is 7.64. The number of benzene rings is 1. The Morgan fingerprint density at radius 3 is 2.68 bits per heavy atom. The van der Waals surface area contributed by atoms with Gasteiger partial charge in [0.05, 0.1) is 29.5 Å². The number of nitrogens with zero attached hydrogens (tertiary/aromatic N) is 2. The van der Waals surface area contributed by atoms with Crippen molar-refractivity contribution in [1.29, 1.82) is 0 Å². The monoisotopic (exact) mass is 358 g/mol. The maximum absolute atomic E-state index is 11.5. The molecule has 0 bridgehead atoms. The first-order valence-corrected chi connectivity index (χ1v) is 8.52. The van der Waals surface area contributed by atoms with Crippen molar-refractivity contribution in [2.75, 3.05) is 38.0 Å². The van der Waals surface area contributed by atoms with E-state index in [-0.39, 0.29) is 5.97 Å². The highest BCUT2D eigenvalue weighted by Gasteiger charge is 2.10. The van der Waals surface area contributed by atoms with Gasteiger partial charge < -0.3 is 20.1 Å². The number of methoxy groups -OCH3 is 2. The molecule has 3 aromatic rings. The minimum Gasteiger partial charge on any atom is -0.465 e. The number of hydrogen-bond donors (Lipinski definition) is 2. The van der Waals surface area contributed by atoms with Gasteiger partial charge in [0.1, 0.15) is 0 Å². The van der Waals surface area contributed by atoms with E-state index in [0.29, 0.717) is 30.5 Å². The molecule has 0 radical (unpaired) electrons. The highest BCUT2D eigenvalue weighted by atomic mass is 32.1.